The van der Waals surface area contributed by atoms with Gasteiger partial charge in [0.2, 0.25) is 0 Å². The van der Waals surface area contributed by atoms with Gasteiger partial charge in [-0.2, -0.15) is 0 Å². The van der Waals surface area contributed by atoms with Gasteiger partial charge in [0.25, 0.3) is 0 Å². The zero-order valence-electron chi connectivity index (χ0n) is 8.68. The van der Waals surface area contributed by atoms with Gasteiger partial charge in [-0.25, -0.2) is 36.3 Å². The maximum Gasteiger partial charge on any atom is 0.358 e. The highest BCUT2D eigenvalue weighted by molar-refractivity contribution is 6.32. The Bertz CT molecular complexity index is 453. The molecule has 0 aliphatic heterocycles. The SMILES string of the molecule is COC(=O)c1cnc(N(N)C(=O)NN)c(Cl)n1. The lowest BCUT2D eigenvalue weighted by atomic mass is 10.4. The molecule has 0 bridgehead atoms. The van der Waals surface area contributed by atoms with Crippen LogP contribution >= 0.6 is 11.6 Å². The Morgan fingerprint density at radius 1 is 1.59 bits per heavy atom. The van der Waals surface area contributed by atoms with Crippen molar-refractivity contribution in [2.45, 2.75) is 0 Å². The van der Waals surface area contributed by atoms with Gasteiger partial charge < -0.3 is 4.74 Å². The van der Waals surface area contributed by atoms with Crippen LogP contribution in [0.4, 0.5) is 10.6 Å². The molecule has 0 radical (unpaired) electrons. The van der Waals surface area contributed by atoms with Crippen LogP contribution in [-0.4, -0.2) is 29.1 Å². The second-order valence-corrected chi connectivity index (χ2v) is 3.04. The number of carbonyl (C=O) groups excluding carboxylic acids is 2. The Kier molecular flexibility index (Phi) is 4.15. The van der Waals surface area contributed by atoms with Crippen molar-refractivity contribution in [1.29, 1.82) is 0 Å². The van der Waals surface area contributed by atoms with Crippen LogP contribution in [-0.2, 0) is 4.74 Å². The van der Waals surface area contributed by atoms with Gasteiger partial charge in [-0.15, -0.1) is 0 Å². The van der Waals surface area contributed by atoms with E-state index >= 15 is 0 Å². The van der Waals surface area contributed by atoms with Crippen LogP contribution in [0.3, 0.4) is 0 Å². The summed E-state index contributed by atoms with van der Waals surface area (Å²) in [5, 5.41) is 0.315. The largest absolute Gasteiger partial charge is 0.464 e. The quantitative estimate of drug-likeness (QED) is 0.273. The smallest absolute Gasteiger partial charge is 0.358 e. The normalized spacial score (nSPS) is 9.65. The molecule has 1 heterocycles. The van der Waals surface area contributed by atoms with Gasteiger partial charge in [0.15, 0.2) is 16.7 Å². The first-order valence-electron chi connectivity index (χ1n) is 4.17. The Balaban J connectivity index is 3.05. The van der Waals surface area contributed by atoms with E-state index in [1.807, 2.05) is 0 Å². The highest BCUT2D eigenvalue weighted by Crippen LogP contribution is 2.18. The molecular weight excluding hydrogens is 252 g/mol. The molecule has 2 amide bonds. The number of hydrogen-bond acceptors (Lipinski definition) is 7. The molecule has 0 aliphatic rings. The summed E-state index contributed by atoms with van der Waals surface area (Å²) in [7, 11) is 1.18. The number of halogens is 1. The van der Waals surface area contributed by atoms with Gasteiger partial charge in [0.05, 0.1) is 13.3 Å². The minimum Gasteiger partial charge on any atom is -0.464 e. The molecule has 0 unspecified atom stereocenters. The second-order valence-electron chi connectivity index (χ2n) is 2.68. The first-order chi connectivity index (χ1) is 8.01. The summed E-state index contributed by atoms with van der Waals surface area (Å²) in [6, 6.07) is -0.841. The summed E-state index contributed by atoms with van der Waals surface area (Å²) in [5.41, 5.74) is 1.67. The van der Waals surface area contributed by atoms with Crippen molar-refractivity contribution in [3.05, 3.63) is 17.0 Å². The number of methoxy groups -OCH3 is 1. The number of anilines is 1. The van der Waals surface area contributed by atoms with Gasteiger partial charge in [-0.1, -0.05) is 11.6 Å². The molecule has 1 aromatic rings. The van der Waals surface area contributed by atoms with Crippen LogP contribution in [0.1, 0.15) is 10.5 Å². The van der Waals surface area contributed by atoms with E-state index in [1.54, 1.807) is 5.43 Å². The average Bonchev–Trinajstić information content (AvgIpc) is 2.35. The molecule has 5 N–H and O–H groups in total. The fourth-order valence-corrected chi connectivity index (χ4v) is 1.12. The van der Waals surface area contributed by atoms with E-state index in [9.17, 15) is 9.59 Å². The first kappa shape index (κ1) is 13.1. The highest BCUT2D eigenvalue weighted by Gasteiger charge is 2.18. The predicted molar refractivity (Wildman–Crippen MR) is 57.8 cm³/mol. The van der Waals surface area contributed by atoms with Crippen molar-refractivity contribution in [1.82, 2.24) is 15.4 Å². The fourth-order valence-electron chi connectivity index (χ4n) is 0.890. The number of urea groups is 1. The fraction of sp³-hybridized carbons (Fsp3) is 0.143. The highest BCUT2D eigenvalue weighted by atomic mass is 35.5. The van der Waals surface area contributed by atoms with Crippen LogP contribution in [0.25, 0.3) is 0 Å². The molecule has 1 rings (SSSR count). The van der Waals surface area contributed by atoms with Crippen LogP contribution in [0, 0.1) is 0 Å². The number of esters is 1. The minimum atomic E-state index is -0.841. The molecule has 9 nitrogen and oxygen atoms in total. The summed E-state index contributed by atoms with van der Waals surface area (Å²) in [5.74, 6) is 9.36. The molecule has 0 saturated carbocycles. The third-order valence-electron chi connectivity index (χ3n) is 1.68. The van der Waals surface area contributed by atoms with Crippen molar-refractivity contribution in [2.24, 2.45) is 11.7 Å². The molecule has 0 atom stereocenters. The molecule has 0 aromatic carbocycles. The van der Waals surface area contributed by atoms with Crippen molar-refractivity contribution >= 4 is 29.4 Å². The lowest BCUT2D eigenvalue weighted by Crippen LogP contribution is -2.48. The van der Waals surface area contributed by atoms with Crippen molar-refractivity contribution in [3.63, 3.8) is 0 Å². The number of aromatic nitrogens is 2. The lowest BCUT2D eigenvalue weighted by molar-refractivity contribution is 0.0593. The van der Waals surface area contributed by atoms with Crippen LogP contribution < -0.4 is 22.1 Å². The Morgan fingerprint density at radius 3 is 2.71 bits per heavy atom. The van der Waals surface area contributed by atoms with E-state index in [-0.39, 0.29) is 16.7 Å². The zero-order valence-corrected chi connectivity index (χ0v) is 9.43. The summed E-state index contributed by atoms with van der Waals surface area (Å²) < 4.78 is 4.42. The summed E-state index contributed by atoms with van der Waals surface area (Å²) in [6.07, 6.45) is 1.07. The second kappa shape index (κ2) is 5.39. The van der Waals surface area contributed by atoms with E-state index in [0.717, 1.165) is 6.20 Å². The number of nitrogens with one attached hydrogen (secondary N) is 1. The summed E-state index contributed by atoms with van der Waals surface area (Å²) in [4.78, 5) is 29.6. The van der Waals surface area contributed by atoms with Gasteiger partial charge in [-0.3, -0.25) is 5.43 Å². The predicted octanol–water partition coefficient (Wildman–Crippen LogP) is -0.820. The molecule has 1 aromatic heterocycles. The van der Waals surface area contributed by atoms with Crippen LogP contribution in [0.5, 0.6) is 0 Å². The van der Waals surface area contributed by atoms with Gasteiger partial charge in [0.1, 0.15) is 0 Å². The topological polar surface area (TPSA) is 136 Å². The third kappa shape index (κ3) is 2.78. The van der Waals surface area contributed by atoms with E-state index < -0.39 is 12.0 Å². The van der Waals surface area contributed by atoms with Gasteiger partial charge >= 0.3 is 12.0 Å². The molecular formula is C7H9ClN6O3. The minimum absolute atomic E-state index is 0.109. The Labute approximate surface area is 101 Å². The van der Waals surface area contributed by atoms with Gasteiger partial charge in [0, 0.05) is 0 Å². The molecule has 0 spiro atoms. The maximum absolute atomic E-state index is 11.1. The summed E-state index contributed by atoms with van der Waals surface area (Å²) >= 11 is 5.70. The van der Waals surface area contributed by atoms with Crippen LogP contribution in [0.2, 0.25) is 5.15 Å². The molecule has 92 valence electrons. The van der Waals surface area contributed by atoms with E-state index in [2.05, 4.69) is 14.7 Å². The molecule has 10 heteroatoms. The maximum atomic E-state index is 11.1. The first-order valence-corrected chi connectivity index (χ1v) is 4.55. The number of hydrogen-bond donors (Lipinski definition) is 3. The van der Waals surface area contributed by atoms with Gasteiger partial charge in [-0.05, 0) is 0 Å². The summed E-state index contributed by atoms with van der Waals surface area (Å²) in [6.45, 7) is 0. The average molecular weight is 261 g/mol. The number of nitrogens with zero attached hydrogens (tertiary/aromatic N) is 3. The lowest BCUT2D eigenvalue weighted by Gasteiger charge is -2.15. The number of rotatable bonds is 2. The Morgan fingerprint density at radius 2 is 2.24 bits per heavy atom. The monoisotopic (exact) mass is 260 g/mol. The van der Waals surface area contributed by atoms with E-state index in [1.165, 1.54) is 7.11 Å². The van der Waals surface area contributed by atoms with Crippen molar-refractivity contribution < 1.29 is 14.3 Å². The molecule has 0 saturated heterocycles. The molecule has 17 heavy (non-hydrogen) atoms. The number of amides is 2. The number of hydrazine groups is 2. The van der Waals surface area contributed by atoms with E-state index in [4.69, 9.17) is 23.3 Å². The Hall–Kier alpha value is -1.97. The third-order valence-corrected chi connectivity index (χ3v) is 1.93. The standard InChI is InChI=1S/C7H9ClN6O3/c1-17-6(15)3-2-11-5(4(8)12-3)14(10)7(16)13-9/h2H,9-10H2,1H3,(H,13,16). The molecule has 0 fully saturated rings. The number of nitrogens with two attached hydrogens (primary N) is 2. The zero-order chi connectivity index (χ0) is 13.0. The van der Waals surface area contributed by atoms with E-state index in [0.29, 0.717) is 5.01 Å². The number of ether oxygens (including phenoxy) is 1. The number of carbonyl (C=O) groups is 2. The van der Waals surface area contributed by atoms with Crippen molar-refractivity contribution in [2.75, 3.05) is 12.1 Å². The van der Waals surface area contributed by atoms with Crippen molar-refractivity contribution in [3.8, 4) is 0 Å². The molecule has 0 aliphatic carbocycles. The van der Waals surface area contributed by atoms with Crippen LogP contribution in [0.15, 0.2) is 6.20 Å².